The molecule has 1 amide bonds. The molecule has 1 saturated heterocycles. The minimum absolute atomic E-state index is 0.0263. The van der Waals surface area contributed by atoms with E-state index in [2.05, 4.69) is 38.2 Å². The topological polar surface area (TPSA) is 61.8 Å². The fourth-order valence-electron chi connectivity index (χ4n) is 3.08. The van der Waals surface area contributed by atoms with E-state index in [0.29, 0.717) is 6.54 Å². The Bertz CT molecular complexity index is 537. The highest BCUT2D eigenvalue weighted by Crippen LogP contribution is 2.24. The van der Waals surface area contributed by atoms with E-state index in [1.807, 2.05) is 17.0 Å². The third-order valence-electron chi connectivity index (χ3n) is 4.52. The van der Waals surface area contributed by atoms with E-state index in [4.69, 9.17) is 4.74 Å². The number of rotatable bonds is 6. The molecule has 0 spiro atoms. The maximum atomic E-state index is 11.8. The summed E-state index contributed by atoms with van der Waals surface area (Å²) < 4.78 is 5.69. The van der Waals surface area contributed by atoms with Gasteiger partial charge >= 0.3 is 0 Å². The van der Waals surface area contributed by atoms with Crippen molar-refractivity contribution in [1.29, 1.82) is 0 Å². The molecule has 1 aliphatic rings. The van der Waals surface area contributed by atoms with Crippen molar-refractivity contribution in [3.63, 3.8) is 0 Å². The van der Waals surface area contributed by atoms with Crippen LogP contribution in [0.5, 0.6) is 5.75 Å². The molecule has 24 heavy (non-hydrogen) atoms. The summed E-state index contributed by atoms with van der Waals surface area (Å²) in [7, 11) is 1.65. The number of benzene rings is 1. The highest BCUT2D eigenvalue weighted by atomic mass is 16.5. The highest BCUT2D eigenvalue weighted by Gasteiger charge is 2.31. The number of aliphatic hydroxyl groups excluding tert-OH is 1. The smallest absolute Gasteiger partial charge is 0.237 e. The summed E-state index contributed by atoms with van der Waals surface area (Å²) >= 11 is 0. The lowest BCUT2D eigenvalue weighted by Gasteiger charge is -2.25. The van der Waals surface area contributed by atoms with E-state index in [0.717, 1.165) is 25.1 Å². The lowest BCUT2D eigenvalue weighted by atomic mass is 9.87. The summed E-state index contributed by atoms with van der Waals surface area (Å²) in [6, 6.07) is 7.87. The molecule has 2 atom stereocenters. The summed E-state index contributed by atoms with van der Waals surface area (Å²) in [5.74, 6) is 0.782. The SMILES string of the molecule is CNC(=O)C1CCCN1CC(O)COc1ccc(C(C)(C)C)cc1. The van der Waals surface area contributed by atoms with Crippen LogP contribution in [0.15, 0.2) is 24.3 Å². The largest absolute Gasteiger partial charge is 0.491 e. The third-order valence-corrected chi connectivity index (χ3v) is 4.52. The maximum Gasteiger partial charge on any atom is 0.237 e. The number of nitrogens with zero attached hydrogens (tertiary/aromatic N) is 1. The molecule has 1 aromatic rings. The molecule has 5 heteroatoms. The first-order valence-electron chi connectivity index (χ1n) is 8.68. The van der Waals surface area contributed by atoms with Crippen LogP contribution in [0, 0.1) is 0 Å². The summed E-state index contributed by atoms with van der Waals surface area (Å²) in [6.45, 7) is 8.04. The highest BCUT2D eigenvalue weighted by molar-refractivity contribution is 5.81. The summed E-state index contributed by atoms with van der Waals surface area (Å²) in [5, 5.41) is 12.9. The Morgan fingerprint density at radius 1 is 1.38 bits per heavy atom. The molecule has 1 aromatic carbocycles. The van der Waals surface area contributed by atoms with Gasteiger partial charge in [-0.1, -0.05) is 32.9 Å². The second-order valence-corrected chi connectivity index (χ2v) is 7.51. The first kappa shape index (κ1) is 18.7. The number of amides is 1. The van der Waals surface area contributed by atoms with Gasteiger partial charge in [0.05, 0.1) is 6.04 Å². The van der Waals surface area contributed by atoms with E-state index in [1.165, 1.54) is 5.56 Å². The number of hydrogen-bond acceptors (Lipinski definition) is 4. The molecule has 0 aromatic heterocycles. The Labute approximate surface area is 145 Å². The second-order valence-electron chi connectivity index (χ2n) is 7.51. The Morgan fingerprint density at radius 2 is 2.04 bits per heavy atom. The average Bonchev–Trinajstić information content (AvgIpc) is 3.00. The van der Waals surface area contributed by atoms with Gasteiger partial charge < -0.3 is 15.2 Å². The van der Waals surface area contributed by atoms with Gasteiger partial charge in [-0.25, -0.2) is 0 Å². The van der Waals surface area contributed by atoms with E-state index < -0.39 is 6.10 Å². The monoisotopic (exact) mass is 334 g/mol. The second kappa shape index (κ2) is 7.99. The van der Waals surface area contributed by atoms with Crippen LogP contribution in [0.2, 0.25) is 0 Å². The molecule has 1 fully saturated rings. The van der Waals surface area contributed by atoms with Gasteiger partial charge in [0.1, 0.15) is 18.5 Å². The predicted molar refractivity (Wildman–Crippen MR) is 95.3 cm³/mol. The van der Waals surface area contributed by atoms with Gasteiger partial charge in [-0.3, -0.25) is 9.69 Å². The number of likely N-dealkylation sites (N-methyl/N-ethyl adjacent to an activating group) is 1. The molecule has 2 unspecified atom stereocenters. The van der Waals surface area contributed by atoms with Crippen molar-refractivity contribution in [3.05, 3.63) is 29.8 Å². The standard InChI is InChI=1S/C19H30N2O3/c1-19(2,3)14-7-9-16(10-8-14)24-13-15(22)12-21-11-5-6-17(21)18(23)20-4/h7-10,15,17,22H,5-6,11-13H2,1-4H3,(H,20,23). The Morgan fingerprint density at radius 3 is 2.62 bits per heavy atom. The third kappa shape index (κ3) is 4.95. The van der Waals surface area contributed by atoms with Crippen LogP contribution in [0.4, 0.5) is 0 Å². The van der Waals surface area contributed by atoms with Gasteiger partial charge in [0, 0.05) is 13.6 Å². The zero-order valence-electron chi connectivity index (χ0n) is 15.2. The van der Waals surface area contributed by atoms with Crippen molar-refractivity contribution < 1.29 is 14.6 Å². The van der Waals surface area contributed by atoms with Gasteiger partial charge in [-0.2, -0.15) is 0 Å². The minimum atomic E-state index is -0.613. The van der Waals surface area contributed by atoms with E-state index in [-0.39, 0.29) is 24.0 Å². The molecule has 2 N–H and O–H groups in total. The van der Waals surface area contributed by atoms with Crippen LogP contribution in [0.1, 0.15) is 39.2 Å². The molecule has 0 aliphatic carbocycles. The lowest BCUT2D eigenvalue weighted by Crippen LogP contribution is -2.45. The number of likely N-dealkylation sites (tertiary alicyclic amines) is 1. The summed E-state index contributed by atoms with van der Waals surface area (Å²) in [6.07, 6.45) is 1.22. The quantitative estimate of drug-likeness (QED) is 0.834. The van der Waals surface area contributed by atoms with Gasteiger partial charge in [0.2, 0.25) is 5.91 Å². The minimum Gasteiger partial charge on any atom is -0.491 e. The van der Waals surface area contributed by atoms with Gasteiger partial charge in [0.15, 0.2) is 0 Å². The predicted octanol–water partition coefficient (Wildman–Crippen LogP) is 1.93. The molecule has 0 bridgehead atoms. The first-order chi connectivity index (χ1) is 11.3. The molecule has 134 valence electrons. The van der Waals surface area contributed by atoms with Crippen LogP contribution in [0.25, 0.3) is 0 Å². The Kier molecular flexibility index (Phi) is 6.24. The normalized spacial score (nSPS) is 20.0. The molecular weight excluding hydrogens is 304 g/mol. The number of aliphatic hydroxyl groups is 1. The van der Waals surface area contributed by atoms with Gasteiger partial charge in [-0.05, 0) is 42.5 Å². The zero-order chi connectivity index (χ0) is 17.7. The van der Waals surface area contributed by atoms with Crippen molar-refractivity contribution in [3.8, 4) is 5.75 Å². The molecular formula is C19H30N2O3. The van der Waals surface area contributed by atoms with E-state index in [1.54, 1.807) is 7.05 Å². The molecule has 0 saturated carbocycles. The van der Waals surface area contributed by atoms with Crippen molar-refractivity contribution in [2.45, 2.75) is 51.2 Å². The van der Waals surface area contributed by atoms with Crippen LogP contribution >= 0.6 is 0 Å². The number of β-amino-alcohol motifs (C(OH)–C–C–N with tert-alkyl or cyclic N) is 1. The van der Waals surface area contributed by atoms with Crippen LogP contribution in [0.3, 0.4) is 0 Å². The number of carbonyl (C=O) groups is 1. The first-order valence-corrected chi connectivity index (χ1v) is 8.68. The fourth-order valence-corrected chi connectivity index (χ4v) is 3.08. The van der Waals surface area contributed by atoms with Crippen LogP contribution in [-0.4, -0.2) is 54.8 Å². The molecule has 1 heterocycles. The molecule has 2 rings (SSSR count). The Balaban J connectivity index is 1.82. The average molecular weight is 334 g/mol. The van der Waals surface area contributed by atoms with Gasteiger partial charge in [0.25, 0.3) is 0 Å². The van der Waals surface area contributed by atoms with Crippen LogP contribution < -0.4 is 10.1 Å². The maximum absolute atomic E-state index is 11.8. The fraction of sp³-hybridized carbons (Fsp3) is 0.632. The molecule has 0 radical (unpaired) electrons. The number of carbonyl (C=O) groups excluding carboxylic acids is 1. The zero-order valence-corrected chi connectivity index (χ0v) is 15.2. The van der Waals surface area contributed by atoms with E-state index in [9.17, 15) is 9.90 Å². The summed E-state index contributed by atoms with van der Waals surface area (Å²) in [5.41, 5.74) is 1.36. The number of ether oxygens (including phenoxy) is 1. The van der Waals surface area contributed by atoms with Crippen molar-refractivity contribution in [2.24, 2.45) is 0 Å². The lowest BCUT2D eigenvalue weighted by molar-refractivity contribution is -0.125. The molecule has 5 nitrogen and oxygen atoms in total. The van der Waals surface area contributed by atoms with Crippen molar-refractivity contribution in [2.75, 3.05) is 26.7 Å². The number of hydrogen-bond donors (Lipinski definition) is 2. The van der Waals surface area contributed by atoms with E-state index >= 15 is 0 Å². The molecule has 1 aliphatic heterocycles. The van der Waals surface area contributed by atoms with Crippen LogP contribution in [-0.2, 0) is 10.2 Å². The van der Waals surface area contributed by atoms with Crippen molar-refractivity contribution >= 4 is 5.91 Å². The number of nitrogens with one attached hydrogen (secondary N) is 1. The summed E-state index contributed by atoms with van der Waals surface area (Å²) in [4.78, 5) is 13.9. The van der Waals surface area contributed by atoms with Crippen molar-refractivity contribution in [1.82, 2.24) is 10.2 Å². The van der Waals surface area contributed by atoms with Gasteiger partial charge in [-0.15, -0.1) is 0 Å². The Hall–Kier alpha value is -1.59.